The molecule has 0 saturated carbocycles. The zero-order chi connectivity index (χ0) is 33.8. The lowest BCUT2D eigenvalue weighted by Gasteiger charge is -2.42. The molecule has 250 valence electrons. The van der Waals surface area contributed by atoms with Gasteiger partial charge < -0.3 is 25.0 Å². The van der Waals surface area contributed by atoms with Gasteiger partial charge in [0.25, 0.3) is 11.5 Å². The first-order valence-electron chi connectivity index (χ1n) is 14.9. The summed E-state index contributed by atoms with van der Waals surface area (Å²) in [4.78, 5) is 43.8. The maximum atomic E-state index is 13.5. The van der Waals surface area contributed by atoms with Gasteiger partial charge in [-0.2, -0.15) is 26.3 Å². The van der Waals surface area contributed by atoms with Crippen molar-refractivity contribution in [3.05, 3.63) is 58.7 Å². The topological polar surface area (TPSA) is 102 Å². The first kappa shape index (κ1) is 33.4. The number of hydrogen-bond donors (Lipinski definition) is 2. The minimum atomic E-state index is -6.00. The first-order chi connectivity index (χ1) is 21.4. The minimum Gasteiger partial charge on any atom is -0.493 e. The Balaban J connectivity index is 1.30. The highest BCUT2D eigenvalue weighted by molar-refractivity contribution is 6.09. The van der Waals surface area contributed by atoms with Crippen LogP contribution in [-0.2, 0) is 33.6 Å². The van der Waals surface area contributed by atoms with Crippen LogP contribution in [0.15, 0.2) is 36.4 Å². The molecule has 3 heterocycles. The van der Waals surface area contributed by atoms with Crippen LogP contribution in [0.1, 0.15) is 49.4 Å². The Morgan fingerprint density at radius 3 is 2.39 bits per heavy atom. The molecule has 2 aromatic carbocycles. The molecule has 0 radical (unpaired) electrons. The number of rotatable bonds is 7. The van der Waals surface area contributed by atoms with Crippen molar-refractivity contribution in [2.75, 3.05) is 37.7 Å². The molecule has 1 unspecified atom stereocenters. The van der Waals surface area contributed by atoms with E-state index in [-0.39, 0.29) is 31.6 Å². The summed E-state index contributed by atoms with van der Waals surface area (Å²) in [5.74, 6) is -0.365. The number of fused-ring (bicyclic) bond motifs is 1. The summed E-state index contributed by atoms with van der Waals surface area (Å²) in [6.07, 6.45) is -10.8. The molecule has 9 nitrogen and oxygen atoms in total. The number of ether oxygens (including phenoxy) is 1. The van der Waals surface area contributed by atoms with Crippen molar-refractivity contribution in [1.29, 1.82) is 0 Å². The number of anilines is 1. The van der Waals surface area contributed by atoms with Crippen LogP contribution in [0.4, 0.5) is 36.8 Å². The Morgan fingerprint density at radius 2 is 1.76 bits per heavy atom. The number of hydrogen-bond acceptors (Lipinski definition) is 6. The molecule has 5 rings (SSSR count). The lowest BCUT2D eigenvalue weighted by molar-refractivity contribution is -0.376. The fourth-order valence-corrected chi connectivity index (χ4v) is 6.36. The highest BCUT2D eigenvalue weighted by atomic mass is 19.4. The number of imide groups is 1. The number of carbonyl (C=O) groups excluding carboxylic acids is 3. The van der Waals surface area contributed by atoms with Gasteiger partial charge in [-0.25, -0.2) is 4.79 Å². The van der Waals surface area contributed by atoms with E-state index in [1.165, 1.54) is 4.90 Å². The van der Waals surface area contributed by atoms with Crippen LogP contribution < -0.4 is 15.0 Å². The smallest absolute Gasteiger partial charge is 0.430 e. The molecule has 2 saturated heterocycles. The maximum Gasteiger partial charge on any atom is 0.430 e. The van der Waals surface area contributed by atoms with E-state index in [9.17, 15) is 45.8 Å². The second-order valence-electron chi connectivity index (χ2n) is 12.0. The Morgan fingerprint density at radius 1 is 1.07 bits per heavy atom. The van der Waals surface area contributed by atoms with Crippen molar-refractivity contribution in [1.82, 2.24) is 15.1 Å². The zero-order valence-corrected chi connectivity index (χ0v) is 25.4. The predicted octanol–water partition coefficient (Wildman–Crippen LogP) is 4.39. The van der Waals surface area contributed by atoms with Gasteiger partial charge in [0.2, 0.25) is 5.91 Å². The third kappa shape index (κ3) is 5.52. The largest absolute Gasteiger partial charge is 0.493 e. The number of benzene rings is 2. The second-order valence-corrected chi connectivity index (χ2v) is 12.0. The Kier molecular flexibility index (Phi) is 8.45. The van der Waals surface area contributed by atoms with E-state index in [4.69, 9.17) is 4.74 Å². The van der Waals surface area contributed by atoms with Gasteiger partial charge in [-0.15, -0.1) is 0 Å². The number of amides is 4. The quantitative estimate of drug-likeness (QED) is 0.339. The first-order valence-corrected chi connectivity index (χ1v) is 14.9. The summed E-state index contributed by atoms with van der Waals surface area (Å²) in [6, 6.07) is 6.60. The van der Waals surface area contributed by atoms with Crippen molar-refractivity contribution in [3.63, 3.8) is 0 Å². The molecule has 0 aliphatic carbocycles. The Labute approximate surface area is 261 Å². The van der Waals surface area contributed by atoms with Crippen LogP contribution in [0.2, 0.25) is 0 Å². The van der Waals surface area contributed by atoms with E-state index >= 15 is 0 Å². The highest BCUT2D eigenvalue weighted by Gasteiger charge is 2.71. The van der Waals surface area contributed by atoms with Gasteiger partial charge in [0.05, 0.1) is 6.61 Å². The lowest BCUT2D eigenvalue weighted by Crippen LogP contribution is -2.56. The lowest BCUT2D eigenvalue weighted by atomic mass is 9.89. The zero-order valence-electron chi connectivity index (χ0n) is 25.4. The molecule has 2 N–H and O–H groups in total. The van der Waals surface area contributed by atoms with Crippen LogP contribution >= 0.6 is 0 Å². The van der Waals surface area contributed by atoms with E-state index in [0.717, 1.165) is 22.6 Å². The summed E-state index contributed by atoms with van der Waals surface area (Å²) in [7, 11) is 0. The summed E-state index contributed by atoms with van der Waals surface area (Å²) in [6.45, 7) is 5.46. The number of halogens is 6. The molecule has 3 aliphatic rings. The number of carbonyl (C=O) groups is 3. The van der Waals surface area contributed by atoms with Crippen LogP contribution in [0.25, 0.3) is 0 Å². The Bertz CT molecular complexity index is 1530. The van der Waals surface area contributed by atoms with Crippen molar-refractivity contribution >= 4 is 23.5 Å². The predicted molar refractivity (Wildman–Crippen MR) is 153 cm³/mol. The SMILES string of the molecule is CCCc1cc(C(O)(C(F)(F)F)C(F)(F)F)ccc1N1CCN(C(=O)CN2C(=O)N[C@](C)(c3ccc4c(c3)CCO4)C2=O)CC1C. The molecule has 46 heavy (non-hydrogen) atoms. The minimum absolute atomic E-state index is 0.118. The maximum absolute atomic E-state index is 13.5. The van der Waals surface area contributed by atoms with E-state index < -0.39 is 59.5 Å². The number of urea groups is 1. The number of nitrogens with one attached hydrogen (secondary N) is 1. The molecular formula is C31H34F6N4O5. The van der Waals surface area contributed by atoms with Crippen LogP contribution in [-0.4, -0.2) is 83.9 Å². The molecule has 0 aromatic heterocycles. The molecule has 2 aromatic rings. The van der Waals surface area contributed by atoms with Gasteiger partial charge >= 0.3 is 18.4 Å². The van der Waals surface area contributed by atoms with E-state index in [1.807, 2.05) is 0 Å². The van der Waals surface area contributed by atoms with Crippen LogP contribution in [0, 0.1) is 0 Å². The summed E-state index contributed by atoms with van der Waals surface area (Å²) >= 11 is 0. The fraction of sp³-hybridized carbons (Fsp3) is 0.516. The van der Waals surface area contributed by atoms with Gasteiger partial charge in [-0.1, -0.05) is 31.5 Å². The summed E-state index contributed by atoms with van der Waals surface area (Å²) in [5, 5.41) is 12.6. The van der Waals surface area contributed by atoms with E-state index in [2.05, 4.69) is 5.32 Å². The Hall–Kier alpha value is -4.01. The van der Waals surface area contributed by atoms with Crippen LogP contribution in [0.3, 0.4) is 0 Å². The molecule has 3 aliphatic heterocycles. The average molecular weight is 657 g/mol. The molecule has 4 amide bonds. The van der Waals surface area contributed by atoms with Crippen molar-refractivity contribution < 1.29 is 50.6 Å². The molecule has 2 atom stereocenters. The van der Waals surface area contributed by atoms with E-state index in [1.54, 1.807) is 43.9 Å². The third-order valence-electron chi connectivity index (χ3n) is 8.96. The van der Waals surface area contributed by atoms with Crippen LogP contribution in [0.5, 0.6) is 5.75 Å². The number of aliphatic hydroxyl groups is 1. The summed E-state index contributed by atoms with van der Waals surface area (Å²) in [5.41, 5.74) is -5.69. The van der Waals surface area contributed by atoms with Gasteiger partial charge in [-0.3, -0.25) is 14.5 Å². The molecule has 15 heteroatoms. The standard InChI is InChI=1S/C31H34F6N4O5/c1-4-5-19-14-22(29(45,30(32,33)34)31(35,36)37)6-8-23(19)40-12-11-39(16-18(40)2)25(42)17-41-26(43)28(3,38-27(41)44)21-7-9-24-20(15-21)10-13-46-24/h6-9,14-15,18,45H,4-5,10-13,16-17H2,1-3H3,(H,38,44)/t18?,28-/m1/s1. The number of piperazine rings is 1. The monoisotopic (exact) mass is 656 g/mol. The molecular weight excluding hydrogens is 622 g/mol. The average Bonchev–Trinajstić information content (AvgIpc) is 3.54. The third-order valence-corrected chi connectivity index (χ3v) is 8.96. The number of aryl methyl sites for hydroxylation is 1. The second kappa shape index (κ2) is 11.7. The van der Waals surface area contributed by atoms with Gasteiger partial charge in [0, 0.05) is 43.3 Å². The molecule has 0 spiro atoms. The van der Waals surface area contributed by atoms with Gasteiger partial charge in [-0.05, 0) is 55.2 Å². The number of alkyl halides is 6. The van der Waals surface area contributed by atoms with Gasteiger partial charge in [0.15, 0.2) is 0 Å². The highest BCUT2D eigenvalue weighted by Crippen LogP contribution is 2.50. The fourth-order valence-electron chi connectivity index (χ4n) is 6.36. The van der Waals surface area contributed by atoms with Crippen molar-refractivity contribution in [2.24, 2.45) is 0 Å². The van der Waals surface area contributed by atoms with Crippen molar-refractivity contribution in [3.8, 4) is 5.75 Å². The molecule has 2 fully saturated rings. The van der Waals surface area contributed by atoms with Gasteiger partial charge in [0.1, 0.15) is 17.8 Å². The summed E-state index contributed by atoms with van der Waals surface area (Å²) < 4.78 is 86.7. The number of nitrogens with zero attached hydrogens (tertiary/aromatic N) is 3. The van der Waals surface area contributed by atoms with E-state index in [0.29, 0.717) is 42.5 Å². The molecule has 0 bridgehead atoms. The normalized spacial score (nSPS) is 22.2. The van der Waals surface area contributed by atoms with Crippen molar-refractivity contribution in [2.45, 2.75) is 69.6 Å².